The second-order valence-corrected chi connectivity index (χ2v) is 5.37. The predicted molar refractivity (Wildman–Crippen MR) is 81.7 cm³/mol. The molecule has 0 bridgehead atoms. The predicted octanol–water partition coefficient (Wildman–Crippen LogP) is 5.26. The highest BCUT2D eigenvalue weighted by Crippen LogP contribution is 2.25. The van der Waals surface area contributed by atoms with Crippen molar-refractivity contribution in [3.8, 4) is 10.4 Å². The summed E-state index contributed by atoms with van der Waals surface area (Å²) < 4.78 is 1.13. The summed E-state index contributed by atoms with van der Waals surface area (Å²) in [5.74, 6) is 0. The number of halogens is 1. The van der Waals surface area contributed by atoms with Gasteiger partial charge in [-0.25, -0.2) is 0 Å². The maximum Gasteiger partial charge on any atom is 0.0342 e. The molecule has 2 aromatic heterocycles. The van der Waals surface area contributed by atoms with Gasteiger partial charge in [0.25, 0.3) is 0 Å². The lowest BCUT2D eigenvalue weighted by molar-refractivity contribution is 1.33. The highest BCUT2D eigenvalue weighted by Gasteiger charge is 1.96. The third kappa shape index (κ3) is 4.09. The van der Waals surface area contributed by atoms with Crippen LogP contribution in [0.15, 0.2) is 76.8 Å². The third-order valence-corrected chi connectivity index (χ3v) is 3.66. The molecule has 1 aromatic carbocycles. The fourth-order valence-corrected chi connectivity index (χ4v) is 2.37. The summed E-state index contributed by atoms with van der Waals surface area (Å²) in [6, 6.07) is 18.3. The normalized spacial score (nSPS) is 9.39. The summed E-state index contributed by atoms with van der Waals surface area (Å²) in [4.78, 5) is 5.11. The van der Waals surface area contributed by atoms with E-state index < -0.39 is 0 Å². The smallest absolute Gasteiger partial charge is 0.0342 e. The molecule has 0 radical (unpaired) electrons. The SMILES string of the molecule is Brc1ccc(-c2cccs2)cc1.c1ccncc1. The lowest BCUT2D eigenvalue weighted by Crippen LogP contribution is -1.69. The largest absolute Gasteiger partial charge is 0.265 e. The van der Waals surface area contributed by atoms with E-state index in [1.54, 1.807) is 23.7 Å². The molecule has 1 nitrogen and oxygen atoms in total. The van der Waals surface area contributed by atoms with E-state index in [9.17, 15) is 0 Å². The van der Waals surface area contributed by atoms with Crippen molar-refractivity contribution < 1.29 is 0 Å². The first-order chi connectivity index (χ1) is 8.86. The van der Waals surface area contributed by atoms with Crippen molar-refractivity contribution in [1.82, 2.24) is 4.98 Å². The first-order valence-corrected chi connectivity index (χ1v) is 7.18. The highest BCUT2D eigenvalue weighted by molar-refractivity contribution is 9.10. The monoisotopic (exact) mass is 317 g/mol. The van der Waals surface area contributed by atoms with Gasteiger partial charge in [-0.05, 0) is 41.3 Å². The van der Waals surface area contributed by atoms with Gasteiger partial charge in [-0.15, -0.1) is 11.3 Å². The van der Waals surface area contributed by atoms with Gasteiger partial charge in [-0.2, -0.15) is 0 Å². The van der Waals surface area contributed by atoms with E-state index in [1.165, 1.54) is 10.4 Å². The van der Waals surface area contributed by atoms with Crippen LogP contribution >= 0.6 is 27.3 Å². The molecule has 90 valence electrons. The Morgan fingerprint density at radius 2 is 1.56 bits per heavy atom. The second kappa shape index (κ2) is 7.09. The van der Waals surface area contributed by atoms with Crippen molar-refractivity contribution in [1.29, 1.82) is 0 Å². The average Bonchev–Trinajstić information content (AvgIpc) is 2.96. The van der Waals surface area contributed by atoms with Gasteiger partial charge in [0.1, 0.15) is 0 Å². The number of aromatic nitrogens is 1. The van der Waals surface area contributed by atoms with Gasteiger partial charge in [0.15, 0.2) is 0 Å². The molecule has 0 amide bonds. The molecule has 0 unspecified atom stereocenters. The topological polar surface area (TPSA) is 12.9 Å². The molecule has 3 heteroatoms. The summed E-state index contributed by atoms with van der Waals surface area (Å²) >= 11 is 5.18. The molecule has 0 aliphatic carbocycles. The zero-order valence-corrected chi connectivity index (χ0v) is 12.1. The number of thiophene rings is 1. The number of nitrogens with zero attached hydrogens (tertiary/aromatic N) is 1. The van der Waals surface area contributed by atoms with Crippen molar-refractivity contribution in [2.75, 3.05) is 0 Å². The molecule has 0 spiro atoms. The summed E-state index contributed by atoms with van der Waals surface area (Å²) in [7, 11) is 0. The molecule has 3 aromatic rings. The van der Waals surface area contributed by atoms with Gasteiger partial charge >= 0.3 is 0 Å². The van der Waals surface area contributed by atoms with Crippen LogP contribution in [0, 0.1) is 0 Å². The number of rotatable bonds is 1. The fraction of sp³-hybridized carbons (Fsp3) is 0. The number of hydrogen-bond donors (Lipinski definition) is 0. The van der Waals surface area contributed by atoms with E-state index in [0.29, 0.717) is 0 Å². The Morgan fingerprint density at radius 3 is 2.00 bits per heavy atom. The number of hydrogen-bond acceptors (Lipinski definition) is 2. The summed E-state index contributed by atoms with van der Waals surface area (Å²) in [6.45, 7) is 0. The summed E-state index contributed by atoms with van der Waals surface area (Å²) in [6.07, 6.45) is 3.50. The quantitative estimate of drug-likeness (QED) is 0.596. The standard InChI is InChI=1S/C10H7BrS.C5H5N/c11-9-5-3-8(4-6-9)10-2-1-7-12-10;1-2-4-6-5-3-1/h1-7H;1-5H. The van der Waals surface area contributed by atoms with Crippen molar-refractivity contribution in [2.45, 2.75) is 0 Å². The van der Waals surface area contributed by atoms with Crippen molar-refractivity contribution in [3.05, 3.63) is 76.8 Å². The zero-order valence-electron chi connectivity index (χ0n) is 9.66. The minimum Gasteiger partial charge on any atom is -0.265 e. The molecule has 0 atom stereocenters. The van der Waals surface area contributed by atoms with E-state index >= 15 is 0 Å². The molecule has 0 aliphatic heterocycles. The van der Waals surface area contributed by atoms with Crippen molar-refractivity contribution >= 4 is 27.3 Å². The molecular formula is C15H12BrNS. The summed E-state index contributed by atoms with van der Waals surface area (Å²) in [5.41, 5.74) is 1.29. The Balaban J connectivity index is 0.000000169. The first kappa shape index (κ1) is 13.0. The average molecular weight is 318 g/mol. The van der Waals surface area contributed by atoms with Crippen molar-refractivity contribution in [3.63, 3.8) is 0 Å². The third-order valence-electron chi connectivity index (χ3n) is 2.22. The number of pyridine rings is 1. The Morgan fingerprint density at radius 1 is 0.833 bits per heavy atom. The molecule has 2 heterocycles. The van der Waals surface area contributed by atoms with Crippen LogP contribution in [0.2, 0.25) is 0 Å². The zero-order chi connectivity index (χ0) is 12.6. The van der Waals surface area contributed by atoms with Crippen molar-refractivity contribution in [2.24, 2.45) is 0 Å². The first-order valence-electron chi connectivity index (χ1n) is 5.51. The molecule has 0 saturated heterocycles. The van der Waals surface area contributed by atoms with E-state index in [0.717, 1.165) is 4.47 Å². The van der Waals surface area contributed by atoms with Gasteiger partial charge in [0, 0.05) is 21.7 Å². The Labute approximate surface area is 119 Å². The maximum absolute atomic E-state index is 3.78. The Hall–Kier alpha value is -1.45. The van der Waals surface area contributed by atoms with Crippen LogP contribution in [0.4, 0.5) is 0 Å². The van der Waals surface area contributed by atoms with Crippen LogP contribution in [0.3, 0.4) is 0 Å². The van der Waals surface area contributed by atoms with Gasteiger partial charge in [-0.1, -0.05) is 40.2 Å². The van der Waals surface area contributed by atoms with Gasteiger partial charge in [0.2, 0.25) is 0 Å². The van der Waals surface area contributed by atoms with E-state index in [2.05, 4.69) is 62.7 Å². The Kier molecular flexibility index (Phi) is 5.12. The molecule has 0 N–H and O–H groups in total. The van der Waals surface area contributed by atoms with Gasteiger partial charge < -0.3 is 0 Å². The minimum absolute atomic E-state index is 1.13. The lowest BCUT2D eigenvalue weighted by Gasteiger charge is -1.95. The van der Waals surface area contributed by atoms with Crippen LogP contribution in [0.25, 0.3) is 10.4 Å². The molecule has 0 fully saturated rings. The fourth-order valence-electron chi connectivity index (χ4n) is 1.37. The van der Waals surface area contributed by atoms with Crippen LogP contribution < -0.4 is 0 Å². The molecule has 0 saturated carbocycles. The number of benzene rings is 1. The molecule has 3 rings (SSSR count). The van der Waals surface area contributed by atoms with Crippen LogP contribution in [0.5, 0.6) is 0 Å². The lowest BCUT2D eigenvalue weighted by atomic mass is 10.2. The maximum atomic E-state index is 3.78. The molecule has 0 aliphatic rings. The highest BCUT2D eigenvalue weighted by atomic mass is 79.9. The van der Waals surface area contributed by atoms with Crippen LogP contribution in [-0.4, -0.2) is 4.98 Å². The second-order valence-electron chi connectivity index (χ2n) is 3.51. The van der Waals surface area contributed by atoms with Crippen LogP contribution in [-0.2, 0) is 0 Å². The molecule has 18 heavy (non-hydrogen) atoms. The van der Waals surface area contributed by atoms with E-state index in [4.69, 9.17) is 0 Å². The Bertz CT molecular complexity index is 520. The van der Waals surface area contributed by atoms with E-state index in [1.807, 2.05) is 18.2 Å². The van der Waals surface area contributed by atoms with E-state index in [-0.39, 0.29) is 0 Å². The van der Waals surface area contributed by atoms with Gasteiger partial charge in [-0.3, -0.25) is 4.98 Å². The molecular weight excluding hydrogens is 306 g/mol. The van der Waals surface area contributed by atoms with Crippen LogP contribution in [0.1, 0.15) is 0 Å². The minimum atomic E-state index is 1.13. The van der Waals surface area contributed by atoms with Gasteiger partial charge in [0.05, 0.1) is 0 Å². The summed E-state index contributed by atoms with van der Waals surface area (Å²) in [5, 5.41) is 2.09.